The van der Waals surface area contributed by atoms with Gasteiger partial charge in [0.15, 0.2) is 0 Å². The molecule has 1 atom stereocenters. The molecule has 1 heterocycles. The Hall–Kier alpha value is -0.920. The molecule has 0 aromatic carbocycles. The van der Waals surface area contributed by atoms with Gasteiger partial charge in [-0.25, -0.2) is 13.6 Å². The van der Waals surface area contributed by atoms with Crippen LogP contribution < -0.4 is 10.5 Å². The van der Waals surface area contributed by atoms with Crippen molar-refractivity contribution in [3.8, 4) is 0 Å². The van der Waals surface area contributed by atoms with E-state index in [2.05, 4.69) is 5.32 Å². The van der Waals surface area contributed by atoms with Gasteiger partial charge in [-0.05, 0) is 18.4 Å². The van der Waals surface area contributed by atoms with E-state index in [-0.39, 0.29) is 21.6 Å². The van der Waals surface area contributed by atoms with Crippen molar-refractivity contribution in [3.05, 3.63) is 17.0 Å². The second-order valence-electron chi connectivity index (χ2n) is 5.26. The lowest BCUT2D eigenvalue weighted by Crippen LogP contribution is -2.41. The summed E-state index contributed by atoms with van der Waals surface area (Å²) in [5, 5.41) is 9.32. The maximum atomic E-state index is 11.9. The fraction of sp³-hybridized carbons (Fsp3) is 0.545. The maximum Gasteiger partial charge on any atom is 0.252 e. The minimum atomic E-state index is -3.73. The van der Waals surface area contributed by atoms with Crippen molar-refractivity contribution >= 4 is 27.3 Å². The van der Waals surface area contributed by atoms with Crippen molar-refractivity contribution in [3.63, 3.8) is 0 Å². The van der Waals surface area contributed by atoms with Crippen LogP contribution >= 0.6 is 11.3 Å². The molecule has 102 valence electrons. The Balaban J connectivity index is 2.84. The number of nitrogens with one attached hydrogen (secondary N) is 1. The number of nitrogens with two attached hydrogens (primary N) is 1. The SMILES string of the molecule is CC(NC(=O)c1csc(S(N)(=O)=O)c1)C(C)(C)C. The maximum absolute atomic E-state index is 11.9. The van der Waals surface area contributed by atoms with E-state index in [0.717, 1.165) is 11.3 Å². The van der Waals surface area contributed by atoms with Crippen LogP contribution in [0.4, 0.5) is 0 Å². The Labute approximate surface area is 111 Å². The lowest BCUT2D eigenvalue weighted by Gasteiger charge is -2.27. The summed E-state index contributed by atoms with van der Waals surface area (Å²) in [6.07, 6.45) is 0. The summed E-state index contributed by atoms with van der Waals surface area (Å²) in [5.74, 6) is -0.288. The fourth-order valence-electron chi connectivity index (χ4n) is 1.08. The minimum Gasteiger partial charge on any atom is -0.349 e. The van der Waals surface area contributed by atoms with E-state index in [0.29, 0.717) is 5.56 Å². The van der Waals surface area contributed by atoms with Gasteiger partial charge in [0.25, 0.3) is 5.91 Å². The fourth-order valence-corrected chi connectivity index (χ4v) is 2.67. The first kappa shape index (κ1) is 15.1. The van der Waals surface area contributed by atoms with Crippen LogP contribution in [0.25, 0.3) is 0 Å². The largest absolute Gasteiger partial charge is 0.349 e. The summed E-state index contributed by atoms with van der Waals surface area (Å²) in [6.45, 7) is 7.95. The molecule has 1 amide bonds. The van der Waals surface area contributed by atoms with E-state index in [1.165, 1.54) is 11.4 Å². The molecule has 1 aromatic heterocycles. The van der Waals surface area contributed by atoms with Gasteiger partial charge in [-0.2, -0.15) is 0 Å². The second kappa shape index (κ2) is 4.99. The number of thiophene rings is 1. The predicted molar refractivity (Wildman–Crippen MR) is 72.1 cm³/mol. The molecule has 18 heavy (non-hydrogen) atoms. The third-order valence-electron chi connectivity index (χ3n) is 2.76. The predicted octanol–water partition coefficient (Wildman–Crippen LogP) is 1.56. The zero-order valence-corrected chi connectivity index (χ0v) is 12.5. The van der Waals surface area contributed by atoms with Crippen molar-refractivity contribution in [2.45, 2.75) is 37.9 Å². The minimum absolute atomic E-state index is 0.00365. The van der Waals surface area contributed by atoms with Crippen LogP contribution in [0.5, 0.6) is 0 Å². The van der Waals surface area contributed by atoms with Crippen molar-refractivity contribution in [2.75, 3.05) is 0 Å². The smallest absolute Gasteiger partial charge is 0.252 e. The Bertz CT molecular complexity index is 541. The summed E-state index contributed by atoms with van der Waals surface area (Å²) in [5.41, 5.74) is 0.259. The van der Waals surface area contributed by atoms with Gasteiger partial charge in [-0.3, -0.25) is 4.79 Å². The van der Waals surface area contributed by atoms with Gasteiger partial charge in [0.05, 0.1) is 5.56 Å². The van der Waals surface area contributed by atoms with E-state index in [4.69, 9.17) is 5.14 Å². The van der Waals surface area contributed by atoms with E-state index in [1.54, 1.807) is 0 Å². The van der Waals surface area contributed by atoms with Gasteiger partial charge in [-0.15, -0.1) is 11.3 Å². The number of carbonyl (C=O) groups excluding carboxylic acids is 1. The molecular formula is C11H18N2O3S2. The zero-order chi connectivity index (χ0) is 14.1. The third kappa shape index (κ3) is 3.79. The van der Waals surface area contributed by atoms with Crippen LogP contribution in [0.2, 0.25) is 0 Å². The highest BCUT2D eigenvalue weighted by molar-refractivity contribution is 7.91. The first-order chi connectivity index (χ1) is 8.01. The Morgan fingerprint density at radius 2 is 2.00 bits per heavy atom. The molecule has 0 radical (unpaired) electrons. The molecule has 7 heteroatoms. The van der Waals surface area contributed by atoms with Gasteiger partial charge >= 0.3 is 0 Å². The topological polar surface area (TPSA) is 89.3 Å². The highest BCUT2D eigenvalue weighted by atomic mass is 32.2. The molecular weight excluding hydrogens is 272 g/mol. The van der Waals surface area contributed by atoms with Crippen LogP contribution in [0.1, 0.15) is 38.1 Å². The van der Waals surface area contributed by atoms with Gasteiger partial charge in [-0.1, -0.05) is 20.8 Å². The number of hydrogen-bond acceptors (Lipinski definition) is 4. The first-order valence-electron chi connectivity index (χ1n) is 5.44. The zero-order valence-electron chi connectivity index (χ0n) is 10.9. The number of carbonyl (C=O) groups is 1. The Morgan fingerprint density at radius 1 is 1.44 bits per heavy atom. The third-order valence-corrected chi connectivity index (χ3v) is 5.15. The van der Waals surface area contributed by atoms with Gasteiger partial charge in [0, 0.05) is 11.4 Å². The summed E-state index contributed by atoms with van der Waals surface area (Å²) in [4.78, 5) is 11.9. The molecule has 0 aliphatic heterocycles. The molecule has 0 bridgehead atoms. The average molecular weight is 290 g/mol. The average Bonchev–Trinajstić information content (AvgIpc) is 2.63. The molecule has 1 rings (SSSR count). The molecule has 5 nitrogen and oxygen atoms in total. The van der Waals surface area contributed by atoms with Crippen LogP contribution in [-0.2, 0) is 10.0 Å². The van der Waals surface area contributed by atoms with Crippen LogP contribution in [0.15, 0.2) is 15.7 Å². The second-order valence-corrected chi connectivity index (χ2v) is 7.96. The first-order valence-corrected chi connectivity index (χ1v) is 7.86. The van der Waals surface area contributed by atoms with E-state index in [9.17, 15) is 13.2 Å². The van der Waals surface area contributed by atoms with Crippen molar-refractivity contribution in [1.29, 1.82) is 0 Å². The van der Waals surface area contributed by atoms with Gasteiger partial charge in [0.2, 0.25) is 10.0 Å². The van der Waals surface area contributed by atoms with Crippen molar-refractivity contribution < 1.29 is 13.2 Å². The molecule has 1 aromatic rings. The molecule has 0 aliphatic carbocycles. The molecule has 1 unspecified atom stereocenters. The molecule has 0 spiro atoms. The lowest BCUT2D eigenvalue weighted by atomic mass is 9.88. The number of hydrogen-bond donors (Lipinski definition) is 2. The number of rotatable bonds is 3. The summed E-state index contributed by atoms with van der Waals surface area (Å²) < 4.78 is 22.2. The van der Waals surface area contributed by atoms with Gasteiger partial charge < -0.3 is 5.32 Å². The summed E-state index contributed by atoms with van der Waals surface area (Å²) in [7, 11) is -3.73. The number of sulfonamides is 1. The highest BCUT2D eigenvalue weighted by Crippen LogP contribution is 2.21. The Kier molecular flexibility index (Phi) is 4.19. The quantitative estimate of drug-likeness (QED) is 0.885. The Morgan fingerprint density at radius 3 is 2.39 bits per heavy atom. The van der Waals surface area contributed by atoms with E-state index in [1.807, 2.05) is 27.7 Å². The standard InChI is InChI=1S/C11H18N2O3S2/c1-7(11(2,3)4)13-10(14)8-5-9(17-6-8)18(12,15)16/h5-7H,1-4H3,(H,13,14)(H2,12,15,16). The van der Waals surface area contributed by atoms with Crippen LogP contribution in [0.3, 0.4) is 0 Å². The van der Waals surface area contributed by atoms with E-state index >= 15 is 0 Å². The summed E-state index contributed by atoms with van der Waals surface area (Å²) in [6, 6.07) is 1.27. The van der Waals surface area contributed by atoms with Crippen molar-refractivity contribution in [2.24, 2.45) is 10.6 Å². The van der Waals surface area contributed by atoms with E-state index < -0.39 is 10.0 Å². The molecule has 0 aliphatic rings. The number of amides is 1. The molecule has 0 fully saturated rings. The van der Waals surface area contributed by atoms with Crippen LogP contribution in [0, 0.1) is 5.41 Å². The molecule has 3 N–H and O–H groups in total. The normalized spacial score (nSPS) is 14.3. The van der Waals surface area contributed by atoms with Gasteiger partial charge in [0.1, 0.15) is 4.21 Å². The summed E-state index contributed by atoms with van der Waals surface area (Å²) >= 11 is 0.946. The molecule has 0 saturated heterocycles. The highest BCUT2D eigenvalue weighted by Gasteiger charge is 2.23. The molecule has 0 saturated carbocycles. The number of primary sulfonamides is 1. The van der Waals surface area contributed by atoms with Crippen molar-refractivity contribution in [1.82, 2.24) is 5.32 Å². The monoisotopic (exact) mass is 290 g/mol. The lowest BCUT2D eigenvalue weighted by molar-refractivity contribution is 0.0910. The van der Waals surface area contributed by atoms with Crippen LogP contribution in [-0.4, -0.2) is 20.4 Å².